The number of ketones is 1. The molecule has 38 heavy (non-hydrogen) atoms. The lowest BCUT2D eigenvalue weighted by molar-refractivity contribution is -0.121. The van der Waals surface area contributed by atoms with E-state index in [9.17, 15) is 14.9 Å². The number of halogens is 1. The summed E-state index contributed by atoms with van der Waals surface area (Å²) in [6, 6.07) is 16.6. The van der Waals surface area contributed by atoms with Crippen molar-refractivity contribution < 1.29 is 9.53 Å². The zero-order chi connectivity index (χ0) is 26.6. The molecule has 0 aliphatic carbocycles. The number of hydrogen-bond acceptors (Lipinski definition) is 6. The SMILES string of the molecule is COc1cn(C(Cc2ccccn2)C(=O)Cc2ccc3nccn3c2)c(=O)cc1-c1cc(Cl)ccc1C#N. The van der Waals surface area contributed by atoms with Crippen molar-refractivity contribution in [3.8, 4) is 22.9 Å². The molecule has 0 bridgehead atoms. The second-order valence-electron chi connectivity index (χ2n) is 8.72. The second-order valence-corrected chi connectivity index (χ2v) is 9.15. The van der Waals surface area contributed by atoms with Crippen LogP contribution in [0.5, 0.6) is 5.75 Å². The summed E-state index contributed by atoms with van der Waals surface area (Å²) in [4.78, 5) is 35.8. The molecule has 4 aromatic heterocycles. The number of fused-ring (bicyclic) bond motifs is 1. The molecule has 0 radical (unpaired) electrons. The van der Waals surface area contributed by atoms with Crippen LogP contribution >= 0.6 is 11.6 Å². The molecule has 5 aromatic rings. The normalized spacial score (nSPS) is 11.7. The molecule has 1 unspecified atom stereocenters. The minimum absolute atomic E-state index is 0.106. The molecule has 0 fully saturated rings. The van der Waals surface area contributed by atoms with Gasteiger partial charge in [-0.25, -0.2) is 4.98 Å². The number of Topliss-reactive ketones (excluding diaryl/α,β-unsaturated/α-hetero) is 1. The largest absolute Gasteiger partial charge is 0.495 e. The van der Waals surface area contributed by atoms with Gasteiger partial charge in [0.1, 0.15) is 17.4 Å². The number of nitriles is 1. The predicted molar refractivity (Wildman–Crippen MR) is 143 cm³/mol. The predicted octanol–water partition coefficient (Wildman–Crippen LogP) is 4.69. The molecule has 0 aliphatic rings. The minimum Gasteiger partial charge on any atom is -0.495 e. The number of aromatic nitrogens is 4. The topological polar surface area (TPSA) is 102 Å². The van der Waals surface area contributed by atoms with E-state index in [1.54, 1.807) is 36.7 Å². The summed E-state index contributed by atoms with van der Waals surface area (Å²) in [5.74, 6) is 0.175. The quantitative estimate of drug-likeness (QED) is 0.292. The maximum atomic E-state index is 13.7. The van der Waals surface area contributed by atoms with Crippen molar-refractivity contribution in [1.82, 2.24) is 18.9 Å². The van der Waals surface area contributed by atoms with Gasteiger partial charge in [0.2, 0.25) is 0 Å². The van der Waals surface area contributed by atoms with Gasteiger partial charge in [-0.15, -0.1) is 0 Å². The van der Waals surface area contributed by atoms with Crippen molar-refractivity contribution in [2.24, 2.45) is 0 Å². The molecule has 1 atom stereocenters. The van der Waals surface area contributed by atoms with Crippen LogP contribution in [0.2, 0.25) is 5.02 Å². The Kier molecular flexibility index (Phi) is 7.03. The van der Waals surface area contributed by atoms with E-state index in [-0.39, 0.29) is 18.6 Å². The molecule has 0 saturated heterocycles. The van der Waals surface area contributed by atoms with E-state index in [0.29, 0.717) is 33.2 Å². The Labute approximate surface area is 223 Å². The summed E-state index contributed by atoms with van der Waals surface area (Å²) in [6.07, 6.45) is 8.85. The van der Waals surface area contributed by atoms with Crippen LogP contribution in [0.1, 0.15) is 22.9 Å². The van der Waals surface area contributed by atoms with E-state index in [1.165, 1.54) is 23.9 Å². The van der Waals surface area contributed by atoms with Crippen LogP contribution in [0.3, 0.4) is 0 Å². The third kappa shape index (κ3) is 5.05. The fraction of sp³-hybridized carbons (Fsp3) is 0.138. The highest BCUT2D eigenvalue weighted by molar-refractivity contribution is 6.31. The number of carbonyl (C=O) groups is 1. The summed E-state index contributed by atoms with van der Waals surface area (Å²) in [7, 11) is 1.47. The second kappa shape index (κ2) is 10.7. The highest BCUT2D eigenvalue weighted by Gasteiger charge is 2.25. The van der Waals surface area contributed by atoms with Crippen molar-refractivity contribution in [3.05, 3.63) is 118 Å². The van der Waals surface area contributed by atoms with Crippen molar-refractivity contribution >= 4 is 23.0 Å². The first kappa shape index (κ1) is 24.9. The molecule has 8 nitrogen and oxygen atoms in total. The first-order valence-electron chi connectivity index (χ1n) is 11.8. The Hall–Kier alpha value is -4.74. The van der Waals surface area contributed by atoms with Gasteiger partial charge in [-0.05, 0) is 42.0 Å². The monoisotopic (exact) mass is 523 g/mol. The van der Waals surface area contributed by atoms with Gasteiger partial charge in [-0.3, -0.25) is 14.6 Å². The summed E-state index contributed by atoms with van der Waals surface area (Å²) < 4.78 is 8.85. The van der Waals surface area contributed by atoms with Crippen molar-refractivity contribution in [3.63, 3.8) is 0 Å². The van der Waals surface area contributed by atoms with Crippen LogP contribution in [0.15, 0.2) is 90.4 Å². The molecule has 0 amide bonds. The van der Waals surface area contributed by atoms with Gasteiger partial charge < -0.3 is 13.7 Å². The Balaban J connectivity index is 1.58. The van der Waals surface area contributed by atoms with Gasteiger partial charge in [0.25, 0.3) is 5.56 Å². The van der Waals surface area contributed by atoms with Crippen LogP contribution in [-0.2, 0) is 17.6 Å². The smallest absolute Gasteiger partial charge is 0.252 e. The lowest BCUT2D eigenvalue weighted by Crippen LogP contribution is -2.32. The molecular weight excluding hydrogens is 502 g/mol. The minimum atomic E-state index is -0.839. The van der Waals surface area contributed by atoms with Crippen molar-refractivity contribution in [2.75, 3.05) is 7.11 Å². The summed E-state index contributed by atoms with van der Waals surface area (Å²) in [5, 5.41) is 10.0. The maximum Gasteiger partial charge on any atom is 0.252 e. The summed E-state index contributed by atoms with van der Waals surface area (Å²) >= 11 is 6.19. The number of imidazole rings is 1. The Morgan fingerprint density at radius 1 is 1.08 bits per heavy atom. The first-order chi connectivity index (χ1) is 18.5. The number of nitrogens with zero attached hydrogens (tertiary/aromatic N) is 5. The fourth-order valence-electron chi connectivity index (χ4n) is 4.46. The Bertz CT molecular complexity index is 1740. The number of hydrogen-bond donors (Lipinski definition) is 0. The first-order valence-corrected chi connectivity index (χ1v) is 12.2. The van der Waals surface area contributed by atoms with E-state index in [2.05, 4.69) is 16.0 Å². The highest BCUT2D eigenvalue weighted by atomic mass is 35.5. The maximum absolute atomic E-state index is 13.7. The van der Waals surface area contributed by atoms with E-state index < -0.39 is 11.6 Å². The van der Waals surface area contributed by atoms with E-state index in [4.69, 9.17) is 16.3 Å². The lowest BCUT2D eigenvalue weighted by Gasteiger charge is -2.21. The molecule has 0 aliphatic heterocycles. The van der Waals surface area contributed by atoms with Crippen LogP contribution in [0.4, 0.5) is 0 Å². The van der Waals surface area contributed by atoms with Gasteiger partial charge in [0, 0.05) is 65.5 Å². The number of ether oxygens (including phenoxy) is 1. The van der Waals surface area contributed by atoms with Crippen molar-refractivity contribution in [1.29, 1.82) is 5.26 Å². The van der Waals surface area contributed by atoms with E-state index in [0.717, 1.165) is 11.2 Å². The lowest BCUT2D eigenvalue weighted by atomic mass is 9.98. The van der Waals surface area contributed by atoms with Crippen LogP contribution in [0.25, 0.3) is 16.8 Å². The fourth-order valence-corrected chi connectivity index (χ4v) is 4.63. The standard InChI is InChI=1S/C29H22ClN5O3/c1-38-27-18-35(29(37)15-24(27)23-13-21(30)7-6-20(23)16-31)25(14-22-4-2-3-9-32-22)26(36)12-19-5-8-28-33-10-11-34(28)17-19/h2-11,13,15,17-18,25H,12,14H2,1H3. The Morgan fingerprint density at radius 3 is 2.71 bits per heavy atom. The van der Waals surface area contributed by atoms with Crippen LogP contribution in [0, 0.1) is 11.3 Å². The molecule has 5 rings (SSSR count). The number of benzene rings is 1. The molecule has 0 spiro atoms. The number of methoxy groups -OCH3 is 1. The molecule has 1 aromatic carbocycles. The number of rotatable bonds is 8. The summed E-state index contributed by atoms with van der Waals surface area (Å²) in [6.45, 7) is 0. The van der Waals surface area contributed by atoms with Crippen LogP contribution in [-0.4, -0.2) is 31.8 Å². The Morgan fingerprint density at radius 2 is 1.95 bits per heavy atom. The summed E-state index contributed by atoms with van der Waals surface area (Å²) in [5.41, 5.74) is 3.07. The molecule has 4 heterocycles. The van der Waals surface area contributed by atoms with Gasteiger partial charge in [-0.2, -0.15) is 5.26 Å². The average Bonchev–Trinajstić information content (AvgIpc) is 3.40. The number of carbonyl (C=O) groups excluding carboxylic acids is 1. The third-order valence-corrected chi connectivity index (χ3v) is 6.56. The number of pyridine rings is 3. The third-order valence-electron chi connectivity index (χ3n) is 6.32. The van der Waals surface area contributed by atoms with E-state index >= 15 is 0 Å². The van der Waals surface area contributed by atoms with Gasteiger partial charge in [-0.1, -0.05) is 23.7 Å². The molecule has 9 heteroatoms. The van der Waals surface area contributed by atoms with Crippen LogP contribution < -0.4 is 10.3 Å². The van der Waals surface area contributed by atoms with Gasteiger partial charge in [0.15, 0.2) is 5.78 Å². The zero-order valence-corrected chi connectivity index (χ0v) is 21.2. The van der Waals surface area contributed by atoms with Gasteiger partial charge >= 0.3 is 0 Å². The van der Waals surface area contributed by atoms with Gasteiger partial charge in [0.05, 0.1) is 24.9 Å². The van der Waals surface area contributed by atoms with Crippen molar-refractivity contribution in [2.45, 2.75) is 18.9 Å². The molecular formula is C29H22ClN5O3. The average molecular weight is 524 g/mol. The zero-order valence-electron chi connectivity index (χ0n) is 20.4. The molecule has 0 saturated carbocycles. The van der Waals surface area contributed by atoms with E-state index in [1.807, 2.05) is 41.1 Å². The molecule has 188 valence electrons. The highest BCUT2D eigenvalue weighted by Crippen LogP contribution is 2.33. The molecule has 0 N–H and O–H groups in total.